The van der Waals surface area contributed by atoms with E-state index in [-0.39, 0.29) is 18.0 Å². The fourth-order valence-electron chi connectivity index (χ4n) is 2.55. The number of aromatic amines is 1. The van der Waals surface area contributed by atoms with Crippen molar-refractivity contribution < 1.29 is 4.79 Å². The van der Waals surface area contributed by atoms with Crippen LogP contribution in [0.3, 0.4) is 0 Å². The molecule has 5 nitrogen and oxygen atoms in total. The van der Waals surface area contributed by atoms with E-state index in [1.807, 2.05) is 26.0 Å². The number of hydrogen-bond donors (Lipinski definition) is 1. The molecule has 3 rings (SSSR count). The van der Waals surface area contributed by atoms with E-state index in [4.69, 9.17) is 0 Å². The van der Waals surface area contributed by atoms with Gasteiger partial charge in [-0.2, -0.15) is 0 Å². The Labute approximate surface area is 137 Å². The van der Waals surface area contributed by atoms with Gasteiger partial charge in [0.2, 0.25) is 0 Å². The fourth-order valence-corrected chi connectivity index (χ4v) is 3.47. The summed E-state index contributed by atoms with van der Waals surface area (Å²) in [6, 6.07) is 9.07. The van der Waals surface area contributed by atoms with Crippen LogP contribution in [0.4, 0.5) is 0 Å². The highest BCUT2D eigenvalue weighted by molar-refractivity contribution is 7.12. The predicted molar refractivity (Wildman–Crippen MR) is 92.0 cm³/mol. The first-order valence-electron chi connectivity index (χ1n) is 7.26. The van der Waals surface area contributed by atoms with E-state index >= 15 is 0 Å². The second-order valence-corrected chi connectivity index (χ2v) is 6.98. The maximum atomic E-state index is 12.5. The third-order valence-corrected chi connectivity index (χ3v) is 4.63. The summed E-state index contributed by atoms with van der Waals surface area (Å²) in [4.78, 5) is 35.5. The Bertz CT molecular complexity index is 942. The lowest BCUT2D eigenvalue weighted by atomic mass is 10.2. The summed E-state index contributed by atoms with van der Waals surface area (Å²) in [6.45, 7) is 4.18. The molecule has 0 saturated carbocycles. The van der Waals surface area contributed by atoms with Crippen molar-refractivity contribution >= 4 is 28.1 Å². The summed E-state index contributed by atoms with van der Waals surface area (Å²) in [6.07, 6.45) is 0. The molecule has 1 N–H and O–H groups in total. The van der Waals surface area contributed by atoms with Gasteiger partial charge in [-0.3, -0.25) is 9.59 Å². The number of H-pyrrole nitrogens is 1. The topological polar surface area (TPSA) is 66.1 Å². The van der Waals surface area contributed by atoms with Crippen LogP contribution in [0, 0.1) is 13.8 Å². The number of hydrogen-bond acceptors (Lipinski definition) is 4. The molecule has 1 amide bonds. The van der Waals surface area contributed by atoms with E-state index < -0.39 is 0 Å². The minimum Gasteiger partial charge on any atom is -0.334 e. The summed E-state index contributed by atoms with van der Waals surface area (Å²) >= 11 is 1.60. The number of para-hydroxylation sites is 1. The number of nitrogens with zero attached hydrogens (tertiary/aromatic N) is 2. The molecule has 0 radical (unpaired) electrons. The molecule has 0 aliphatic carbocycles. The van der Waals surface area contributed by atoms with Crippen molar-refractivity contribution in [1.29, 1.82) is 0 Å². The number of amides is 1. The van der Waals surface area contributed by atoms with Gasteiger partial charge in [0.1, 0.15) is 5.82 Å². The molecule has 0 saturated heterocycles. The molecular formula is C17H17N3O2S. The van der Waals surface area contributed by atoms with Crippen LogP contribution in [-0.4, -0.2) is 27.8 Å². The van der Waals surface area contributed by atoms with Gasteiger partial charge in [-0.1, -0.05) is 12.1 Å². The number of benzene rings is 1. The highest BCUT2D eigenvalue weighted by atomic mass is 32.1. The third kappa shape index (κ3) is 3.03. The summed E-state index contributed by atoms with van der Waals surface area (Å²) in [5.41, 5.74) is 1.15. The standard InChI is InChI=1S/C17H17N3O2S/c1-10-8-13(11(2)23-10)17(22)20(3)9-15-18-14-7-5-4-6-12(14)16(21)19-15/h4-8H,9H2,1-3H3,(H,18,19,21). The molecule has 2 aromatic heterocycles. The molecule has 0 aliphatic heterocycles. The van der Waals surface area contributed by atoms with Crippen molar-refractivity contribution in [2.45, 2.75) is 20.4 Å². The van der Waals surface area contributed by atoms with Crippen molar-refractivity contribution in [1.82, 2.24) is 14.9 Å². The lowest BCUT2D eigenvalue weighted by molar-refractivity contribution is 0.0781. The van der Waals surface area contributed by atoms with Crippen LogP contribution < -0.4 is 5.56 Å². The first-order valence-corrected chi connectivity index (χ1v) is 8.08. The van der Waals surface area contributed by atoms with Crippen LogP contribution in [0.25, 0.3) is 10.9 Å². The zero-order valence-electron chi connectivity index (χ0n) is 13.2. The zero-order valence-corrected chi connectivity index (χ0v) is 14.0. The van der Waals surface area contributed by atoms with E-state index in [1.165, 1.54) is 0 Å². The molecule has 0 bridgehead atoms. The molecule has 1 aromatic carbocycles. The zero-order chi connectivity index (χ0) is 16.6. The van der Waals surface area contributed by atoms with Gasteiger partial charge in [-0.15, -0.1) is 11.3 Å². The second kappa shape index (κ2) is 5.96. The first-order chi connectivity index (χ1) is 11.0. The molecule has 2 heterocycles. The van der Waals surface area contributed by atoms with Crippen LogP contribution >= 0.6 is 11.3 Å². The van der Waals surface area contributed by atoms with Crippen LogP contribution in [0.15, 0.2) is 35.1 Å². The van der Waals surface area contributed by atoms with Gasteiger partial charge in [0, 0.05) is 16.8 Å². The number of rotatable bonds is 3. The van der Waals surface area contributed by atoms with Crippen LogP contribution in [0.2, 0.25) is 0 Å². The number of thiophene rings is 1. The summed E-state index contributed by atoms with van der Waals surface area (Å²) in [7, 11) is 1.71. The van der Waals surface area contributed by atoms with Gasteiger partial charge in [0.15, 0.2) is 0 Å². The Hall–Kier alpha value is -2.47. The molecule has 0 fully saturated rings. The second-order valence-electron chi connectivity index (χ2n) is 5.52. The van der Waals surface area contributed by atoms with Crippen molar-refractivity contribution in [2.24, 2.45) is 0 Å². The van der Waals surface area contributed by atoms with Crippen molar-refractivity contribution in [3.63, 3.8) is 0 Å². The fraction of sp³-hybridized carbons (Fsp3) is 0.235. The molecule has 3 aromatic rings. The first kappa shape index (κ1) is 15.4. The van der Waals surface area contributed by atoms with E-state index in [9.17, 15) is 9.59 Å². The number of fused-ring (bicyclic) bond motifs is 1. The molecule has 118 valence electrons. The molecule has 0 spiro atoms. The molecule has 6 heteroatoms. The van der Waals surface area contributed by atoms with E-state index in [0.717, 1.165) is 9.75 Å². The number of carbonyl (C=O) groups is 1. The Balaban J connectivity index is 1.88. The van der Waals surface area contributed by atoms with Crippen LogP contribution in [0.1, 0.15) is 25.9 Å². The molecule has 0 aliphatic rings. The van der Waals surface area contributed by atoms with Crippen molar-refractivity contribution in [3.05, 3.63) is 61.8 Å². The summed E-state index contributed by atoms with van der Waals surface area (Å²) < 4.78 is 0. The third-order valence-electron chi connectivity index (χ3n) is 3.67. The van der Waals surface area contributed by atoms with Crippen molar-refractivity contribution in [3.8, 4) is 0 Å². The Morgan fingerprint density at radius 1 is 1.30 bits per heavy atom. The Morgan fingerprint density at radius 3 is 2.74 bits per heavy atom. The van der Waals surface area contributed by atoms with Gasteiger partial charge in [-0.05, 0) is 32.0 Å². The Morgan fingerprint density at radius 2 is 2.04 bits per heavy atom. The predicted octanol–water partition coefficient (Wildman–Crippen LogP) is 2.87. The largest absolute Gasteiger partial charge is 0.334 e. The van der Waals surface area contributed by atoms with Gasteiger partial charge in [-0.25, -0.2) is 4.98 Å². The molecule has 0 atom stereocenters. The molecule has 0 unspecified atom stereocenters. The minimum atomic E-state index is -0.186. The highest BCUT2D eigenvalue weighted by Gasteiger charge is 2.17. The maximum Gasteiger partial charge on any atom is 0.258 e. The van der Waals surface area contributed by atoms with Crippen LogP contribution in [0.5, 0.6) is 0 Å². The number of aromatic nitrogens is 2. The lowest BCUT2D eigenvalue weighted by Gasteiger charge is -2.16. The van der Waals surface area contributed by atoms with Crippen molar-refractivity contribution in [2.75, 3.05) is 7.05 Å². The van der Waals surface area contributed by atoms with E-state index in [2.05, 4.69) is 9.97 Å². The lowest BCUT2D eigenvalue weighted by Crippen LogP contribution is -2.28. The monoisotopic (exact) mass is 327 g/mol. The maximum absolute atomic E-state index is 12.5. The molecular weight excluding hydrogens is 310 g/mol. The SMILES string of the molecule is Cc1cc(C(=O)N(C)Cc2nc3ccccc3c(=O)[nH]2)c(C)s1. The number of carbonyl (C=O) groups excluding carboxylic acids is 1. The number of nitrogens with one attached hydrogen (secondary N) is 1. The quantitative estimate of drug-likeness (QED) is 0.804. The van der Waals surface area contributed by atoms with E-state index in [0.29, 0.717) is 22.3 Å². The van der Waals surface area contributed by atoms with Gasteiger partial charge < -0.3 is 9.88 Å². The summed E-state index contributed by atoms with van der Waals surface area (Å²) in [5, 5.41) is 0.550. The van der Waals surface area contributed by atoms with E-state index in [1.54, 1.807) is 41.5 Å². The van der Waals surface area contributed by atoms with Gasteiger partial charge in [0.05, 0.1) is 23.0 Å². The smallest absolute Gasteiger partial charge is 0.258 e. The van der Waals surface area contributed by atoms with Gasteiger partial charge in [0.25, 0.3) is 11.5 Å². The highest BCUT2D eigenvalue weighted by Crippen LogP contribution is 2.22. The van der Waals surface area contributed by atoms with Gasteiger partial charge >= 0.3 is 0 Å². The Kier molecular flexibility index (Phi) is 4.00. The minimum absolute atomic E-state index is 0.0670. The normalized spacial score (nSPS) is 10.9. The average Bonchev–Trinajstić information content (AvgIpc) is 2.85. The summed E-state index contributed by atoms with van der Waals surface area (Å²) in [5.74, 6) is 0.414. The van der Waals surface area contributed by atoms with Crippen LogP contribution in [-0.2, 0) is 6.54 Å². The number of aryl methyl sites for hydroxylation is 2. The molecule has 23 heavy (non-hydrogen) atoms. The average molecular weight is 327 g/mol.